The van der Waals surface area contributed by atoms with Crippen molar-refractivity contribution < 1.29 is 22.8 Å². The average molecular weight is 328 g/mol. The van der Waals surface area contributed by atoms with E-state index >= 15 is 0 Å². The van der Waals surface area contributed by atoms with Gasteiger partial charge in [0.25, 0.3) is 5.91 Å². The minimum atomic E-state index is -1.17. The molecule has 1 N–H and O–H groups in total. The fourth-order valence-corrected chi connectivity index (χ4v) is 2.10. The summed E-state index contributed by atoms with van der Waals surface area (Å²) in [6.45, 7) is 1.60. The number of carbonyl (C=O) groups excluding carboxylic acids is 2. The maximum Gasteiger partial charge on any atom is 0.253 e. The van der Waals surface area contributed by atoms with Gasteiger partial charge in [-0.25, -0.2) is 8.78 Å². The molecule has 0 radical (unpaired) electrons. The van der Waals surface area contributed by atoms with E-state index in [0.29, 0.717) is 6.07 Å². The van der Waals surface area contributed by atoms with Crippen molar-refractivity contribution in [2.24, 2.45) is 0 Å². The molecule has 2 rings (SSSR count). The summed E-state index contributed by atoms with van der Waals surface area (Å²) < 4.78 is 31.1. The normalized spacial score (nSPS) is 12.0. The van der Waals surface area contributed by atoms with Crippen molar-refractivity contribution in [1.82, 2.24) is 5.32 Å². The minimum absolute atomic E-state index is 0.000545. The summed E-state index contributed by atoms with van der Waals surface area (Å²) in [5.74, 6) is -3.10. The number of amides is 1. The number of benzene rings is 1. The highest BCUT2D eigenvalue weighted by Crippen LogP contribution is 2.20. The molecule has 22 heavy (non-hydrogen) atoms. The number of furan rings is 1. The third kappa shape index (κ3) is 3.71. The Morgan fingerprint density at radius 2 is 2.00 bits per heavy atom. The van der Waals surface area contributed by atoms with Crippen LogP contribution in [-0.4, -0.2) is 17.7 Å². The molecular weight excluding hydrogens is 316 g/mol. The van der Waals surface area contributed by atoms with E-state index in [1.54, 1.807) is 13.0 Å². The summed E-state index contributed by atoms with van der Waals surface area (Å²) in [7, 11) is 0. The van der Waals surface area contributed by atoms with Crippen molar-refractivity contribution >= 4 is 23.3 Å². The molecule has 0 aliphatic heterocycles. The fraction of sp³-hybridized carbons (Fsp3) is 0.200. The largest absolute Gasteiger partial charge is 0.461 e. The van der Waals surface area contributed by atoms with Crippen molar-refractivity contribution in [2.75, 3.05) is 0 Å². The molecule has 1 unspecified atom stereocenters. The first kappa shape index (κ1) is 16.2. The highest BCUT2D eigenvalue weighted by atomic mass is 35.5. The van der Waals surface area contributed by atoms with Crippen LogP contribution in [0.2, 0.25) is 5.02 Å². The van der Waals surface area contributed by atoms with E-state index in [0.717, 1.165) is 6.07 Å². The Bertz CT molecular complexity index is 701. The topological polar surface area (TPSA) is 59.3 Å². The van der Waals surface area contributed by atoms with Gasteiger partial charge in [-0.3, -0.25) is 9.59 Å². The predicted octanol–water partition coefficient (Wildman–Crippen LogP) is 3.60. The van der Waals surface area contributed by atoms with E-state index in [9.17, 15) is 18.4 Å². The van der Waals surface area contributed by atoms with Gasteiger partial charge in [-0.2, -0.15) is 0 Å². The molecule has 0 saturated heterocycles. The van der Waals surface area contributed by atoms with Gasteiger partial charge in [0.05, 0.1) is 16.8 Å². The molecule has 0 aliphatic carbocycles. The van der Waals surface area contributed by atoms with E-state index < -0.39 is 23.6 Å². The zero-order chi connectivity index (χ0) is 16.3. The second-order valence-corrected chi connectivity index (χ2v) is 5.13. The number of ketones is 1. The number of Topliss-reactive ketones (excluding diaryl/α,β-unsaturated/α-hetero) is 1. The van der Waals surface area contributed by atoms with Gasteiger partial charge >= 0.3 is 0 Å². The molecule has 2 aromatic rings. The minimum Gasteiger partial charge on any atom is -0.461 e. The number of carbonyl (C=O) groups is 2. The summed E-state index contributed by atoms with van der Waals surface area (Å²) in [6, 6.07) is 4.01. The molecule has 1 aromatic heterocycles. The first-order valence-corrected chi connectivity index (χ1v) is 6.78. The summed E-state index contributed by atoms with van der Waals surface area (Å²) in [5, 5.41) is 2.29. The molecule has 0 aliphatic rings. The van der Waals surface area contributed by atoms with Crippen molar-refractivity contribution in [2.45, 2.75) is 19.4 Å². The average Bonchev–Trinajstić information content (AvgIpc) is 2.96. The van der Waals surface area contributed by atoms with Crippen molar-refractivity contribution in [3.8, 4) is 0 Å². The predicted molar refractivity (Wildman–Crippen MR) is 76.0 cm³/mol. The molecule has 1 amide bonds. The van der Waals surface area contributed by atoms with Crippen LogP contribution >= 0.6 is 11.6 Å². The number of nitrogens with one attached hydrogen (secondary N) is 1. The molecule has 116 valence electrons. The van der Waals surface area contributed by atoms with Gasteiger partial charge in [0.15, 0.2) is 23.2 Å². The van der Waals surface area contributed by atoms with E-state index in [-0.39, 0.29) is 28.6 Å². The van der Waals surface area contributed by atoms with E-state index in [1.807, 2.05) is 0 Å². The molecular formula is C15H12ClF2NO3. The quantitative estimate of drug-likeness (QED) is 0.674. The smallest absolute Gasteiger partial charge is 0.253 e. The monoisotopic (exact) mass is 327 g/mol. The standard InChI is InChI=1S/C15H12ClF2NO3/c1-8(5-13(20)14-3-2-4-22-14)19-15(21)9-6-11(17)12(18)7-10(9)16/h2-4,6-8H,5H2,1H3,(H,19,21). The Morgan fingerprint density at radius 3 is 2.64 bits per heavy atom. The summed E-state index contributed by atoms with van der Waals surface area (Å²) in [4.78, 5) is 23.8. The van der Waals surface area contributed by atoms with Crippen molar-refractivity contribution in [3.63, 3.8) is 0 Å². The first-order valence-electron chi connectivity index (χ1n) is 6.40. The Kier molecular flexibility index (Phi) is 4.92. The van der Waals surface area contributed by atoms with E-state index in [4.69, 9.17) is 16.0 Å². The Morgan fingerprint density at radius 1 is 1.32 bits per heavy atom. The van der Waals surface area contributed by atoms with E-state index in [2.05, 4.69) is 5.32 Å². The van der Waals surface area contributed by atoms with Gasteiger partial charge in [0.2, 0.25) is 0 Å². The van der Waals surface area contributed by atoms with Gasteiger partial charge in [0, 0.05) is 12.5 Å². The maximum atomic E-state index is 13.2. The summed E-state index contributed by atoms with van der Waals surface area (Å²) in [5.41, 5.74) is -0.196. The lowest BCUT2D eigenvalue weighted by molar-refractivity contribution is 0.0907. The molecule has 1 atom stereocenters. The number of halogens is 3. The number of rotatable bonds is 5. The molecule has 1 heterocycles. The molecule has 0 bridgehead atoms. The van der Waals surface area contributed by atoms with Crippen LogP contribution in [0.5, 0.6) is 0 Å². The lowest BCUT2D eigenvalue weighted by atomic mass is 10.1. The summed E-state index contributed by atoms with van der Waals surface area (Å²) >= 11 is 5.72. The number of hydrogen-bond donors (Lipinski definition) is 1. The zero-order valence-electron chi connectivity index (χ0n) is 11.5. The third-order valence-electron chi connectivity index (χ3n) is 2.92. The molecule has 4 nitrogen and oxygen atoms in total. The van der Waals surface area contributed by atoms with Gasteiger partial charge in [-0.05, 0) is 31.2 Å². The molecule has 0 fully saturated rings. The Labute approximate surface area is 130 Å². The Hall–Kier alpha value is -2.21. The lowest BCUT2D eigenvalue weighted by Gasteiger charge is -2.13. The highest BCUT2D eigenvalue weighted by Gasteiger charge is 2.19. The molecule has 7 heteroatoms. The van der Waals surface area contributed by atoms with E-state index in [1.165, 1.54) is 12.3 Å². The van der Waals surface area contributed by atoms with Crippen LogP contribution in [-0.2, 0) is 0 Å². The fourth-order valence-electron chi connectivity index (χ4n) is 1.87. The lowest BCUT2D eigenvalue weighted by Crippen LogP contribution is -2.34. The van der Waals surface area contributed by atoms with Crippen molar-refractivity contribution in [3.05, 3.63) is 58.5 Å². The second-order valence-electron chi connectivity index (χ2n) is 4.73. The molecule has 0 saturated carbocycles. The Balaban J connectivity index is 2.02. The zero-order valence-corrected chi connectivity index (χ0v) is 12.3. The van der Waals surface area contributed by atoms with Gasteiger partial charge < -0.3 is 9.73 Å². The third-order valence-corrected chi connectivity index (χ3v) is 3.23. The van der Waals surface area contributed by atoms with Crippen molar-refractivity contribution in [1.29, 1.82) is 0 Å². The van der Waals surface area contributed by atoms with Gasteiger partial charge in [-0.15, -0.1) is 0 Å². The van der Waals surface area contributed by atoms with Crippen LogP contribution in [0.4, 0.5) is 8.78 Å². The van der Waals surface area contributed by atoms with Crippen LogP contribution in [0.3, 0.4) is 0 Å². The molecule has 1 aromatic carbocycles. The maximum absolute atomic E-state index is 13.2. The SMILES string of the molecule is CC(CC(=O)c1ccco1)NC(=O)c1cc(F)c(F)cc1Cl. The van der Waals surface area contributed by atoms with Crippen LogP contribution in [0.15, 0.2) is 34.9 Å². The van der Waals surface area contributed by atoms with Crippen LogP contribution < -0.4 is 5.32 Å². The first-order chi connectivity index (χ1) is 10.4. The molecule has 0 spiro atoms. The van der Waals surface area contributed by atoms with Crippen LogP contribution in [0.25, 0.3) is 0 Å². The van der Waals surface area contributed by atoms with Crippen LogP contribution in [0.1, 0.15) is 34.3 Å². The summed E-state index contributed by atoms with van der Waals surface area (Å²) in [6.07, 6.45) is 1.37. The second kappa shape index (κ2) is 6.70. The van der Waals surface area contributed by atoms with Gasteiger partial charge in [-0.1, -0.05) is 11.6 Å². The van der Waals surface area contributed by atoms with Crippen LogP contribution in [0, 0.1) is 11.6 Å². The van der Waals surface area contributed by atoms with Gasteiger partial charge in [0.1, 0.15) is 0 Å². The highest BCUT2D eigenvalue weighted by molar-refractivity contribution is 6.33. The number of hydrogen-bond acceptors (Lipinski definition) is 3.